The molecule has 1 N–H and O–H groups in total. The molecule has 0 aliphatic carbocycles. The lowest BCUT2D eigenvalue weighted by molar-refractivity contribution is -0.138. The molecule has 1 unspecified atom stereocenters. The Hall–Kier alpha value is -3.57. The largest absolute Gasteiger partial charge is 0.418 e. The number of nitrogens with one attached hydrogen (secondary N) is 1. The van der Waals surface area contributed by atoms with Gasteiger partial charge in [-0.1, -0.05) is 0 Å². The van der Waals surface area contributed by atoms with Gasteiger partial charge in [-0.15, -0.1) is 0 Å². The average molecular weight is 452 g/mol. The maximum absolute atomic E-state index is 13.5. The van der Waals surface area contributed by atoms with Crippen LogP contribution in [0.2, 0.25) is 0 Å². The summed E-state index contributed by atoms with van der Waals surface area (Å²) in [5, 5.41) is 4.33. The number of aromatic amines is 1. The minimum Gasteiger partial charge on any atom is -0.348 e. The Morgan fingerprint density at radius 3 is 2.50 bits per heavy atom. The molecule has 0 fully saturated rings. The summed E-state index contributed by atoms with van der Waals surface area (Å²) >= 11 is 0. The summed E-state index contributed by atoms with van der Waals surface area (Å²) in [5.74, 6) is 0.241. The van der Waals surface area contributed by atoms with Crippen LogP contribution in [0.1, 0.15) is 34.3 Å². The first kappa shape index (κ1) is 20.3. The van der Waals surface area contributed by atoms with Gasteiger partial charge >= 0.3 is 12.4 Å². The molecular weight excluding hydrogens is 438 g/mol. The number of nitrogens with zero attached hydrogens (tertiary/aromatic N) is 5. The van der Waals surface area contributed by atoms with Gasteiger partial charge in [-0.2, -0.15) is 31.4 Å². The van der Waals surface area contributed by atoms with Crippen LogP contribution in [-0.2, 0) is 18.8 Å². The highest BCUT2D eigenvalue weighted by Gasteiger charge is 2.37. The summed E-state index contributed by atoms with van der Waals surface area (Å²) in [7, 11) is 0. The molecule has 0 amide bonds. The van der Waals surface area contributed by atoms with E-state index in [1.165, 1.54) is 30.7 Å². The van der Waals surface area contributed by atoms with Gasteiger partial charge in [0.05, 0.1) is 34.4 Å². The number of hydrogen-bond donors (Lipinski definition) is 1. The van der Waals surface area contributed by atoms with Crippen LogP contribution in [0, 0.1) is 0 Å². The maximum atomic E-state index is 13.5. The molecule has 4 aromatic heterocycles. The smallest absolute Gasteiger partial charge is 0.348 e. The van der Waals surface area contributed by atoms with Crippen molar-refractivity contribution in [1.29, 1.82) is 0 Å². The quantitative estimate of drug-likeness (QED) is 0.450. The minimum atomic E-state index is -4.57. The number of alkyl halides is 6. The molecule has 5 heterocycles. The van der Waals surface area contributed by atoms with Gasteiger partial charge in [0.15, 0.2) is 0 Å². The number of imidazole rings is 1. The summed E-state index contributed by atoms with van der Waals surface area (Å²) < 4.78 is 80.3. The van der Waals surface area contributed by atoms with E-state index < -0.39 is 29.5 Å². The second-order valence-electron chi connectivity index (χ2n) is 7.33. The third kappa shape index (κ3) is 3.35. The van der Waals surface area contributed by atoms with E-state index in [4.69, 9.17) is 0 Å². The van der Waals surface area contributed by atoms with E-state index in [2.05, 4.69) is 20.1 Å². The van der Waals surface area contributed by atoms with Crippen molar-refractivity contribution in [3.8, 4) is 0 Å². The van der Waals surface area contributed by atoms with Crippen LogP contribution in [0.25, 0.3) is 5.52 Å². The highest BCUT2D eigenvalue weighted by atomic mass is 19.4. The van der Waals surface area contributed by atoms with Gasteiger partial charge in [0.1, 0.15) is 11.9 Å². The maximum Gasteiger partial charge on any atom is 0.418 e. The molecule has 1 atom stereocenters. The molecule has 166 valence electrons. The number of halogens is 6. The van der Waals surface area contributed by atoms with E-state index in [-0.39, 0.29) is 17.0 Å². The molecular formula is C20H14F6N6. The Labute approximate surface area is 176 Å². The van der Waals surface area contributed by atoms with E-state index in [1.54, 1.807) is 4.90 Å². The van der Waals surface area contributed by atoms with Gasteiger partial charge in [0, 0.05) is 31.1 Å². The summed E-state index contributed by atoms with van der Waals surface area (Å²) in [5.41, 5.74) is -0.260. The van der Waals surface area contributed by atoms with Crippen molar-refractivity contribution < 1.29 is 26.3 Å². The molecule has 6 nitrogen and oxygen atoms in total. The van der Waals surface area contributed by atoms with Crippen molar-refractivity contribution in [2.45, 2.75) is 24.8 Å². The summed E-state index contributed by atoms with van der Waals surface area (Å²) in [6.45, 7) is 0.359. The molecule has 5 rings (SSSR count). The third-order valence-corrected chi connectivity index (χ3v) is 5.40. The number of fused-ring (bicyclic) bond motifs is 2. The van der Waals surface area contributed by atoms with E-state index in [0.29, 0.717) is 18.7 Å². The molecule has 12 heteroatoms. The van der Waals surface area contributed by atoms with Crippen molar-refractivity contribution in [1.82, 2.24) is 24.6 Å². The van der Waals surface area contributed by atoms with Crippen molar-refractivity contribution >= 4 is 11.3 Å². The lowest BCUT2D eigenvalue weighted by Crippen LogP contribution is -2.37. The Balaban J connectivity index is 1.63. The lowest BCUT2D eigenvalue weighted by Gasteiger charge is -2.35. The van der Waals surface area contributed by atoms with Crippen molar-refractivity contribution in [3.05, 3.63) is 77.3 Å². The number of anilines is 1. The molecule has 0 aromatic carbocycles. The molecule has 0 saturated carbocycles. The second kappa shape index (κ2) is 6.97. The monoisotopic (exact) mass is 452 g/mol. The molecule has 1 aliphatic heterocycles. The van der Waals surface area contributed by atoms with Crippen molar-refractivity contribution in [2.24, 2.45) is 0 Å². The van der Waals surface area contributed by atoms with E-state index in [9.17, 15) is 26.3 Å². The summed E-state index contributed by atoms with van der Waals surface area (Å²) in [6, 6.07) is 4.98. The van der Waals surface area contributed by atoms with Gasteiger partial charge in [0.25, 0.3) is 0 Å². The minimum absolute atomic E-state index is 0.127. The van der Waals surface area contributed by atoms with Crippen LogP contribution in [0.4, 0.5) is 32.2 Å². The predicted octanol–water partition coefficient (Wildman–Crippen LogP) is 4.64. The molecule has 0 saturated heterocycles. The fraction of sp³-hybridized carbons (Fsp3) is 0.250. The molecule has 32 heavy (non-hydrogen) atoms. The van der Waals surface area contributed by atoms with Crippen LogP contribution in [-0.4, -0.2) is 31.1 Å². The van der Waals surface area contributed by atoms with Crippen molar-refractivity contribution in [2.75, 3.05) is 11.4 Å². The Kier molecular flexibility index (Phi) is 4.43. The van der Waals surface area contributed by atoms with Gasteiger partial charge in [-0.05, 0) is 30.3 Å². The first-order chi connectivity index (χ1) is 15.1. The van der Waals surface area contributed by atoms with Crippen molar-refractivity contribution in [3.63, 3.8) is 0 Å². The Morgan fingerprint density at radius 1 is 1.00 bits per heavy atom. The Morgan fingerprint density at radius 2 is 1.81 bits per heavy atom. The zero-order valence-electron chi connectivity index (χ0n) is 16.1. The first-order valence-corrected chi connectivity index (χ1v) is 9.50. The topological polar surface area (TPSA) is 62.1 Å². The van der Waals surface area contributed by atoms with Gasteiger partial charge in [-0.25, -0.2) is 14.5 Å². The third-order valence-electron chi connectivity index (χ3n) is 5.40. The number of aromatic nitrogens is 5. The summed E-state index contributed by atoms with van der Waals surface area (Å²) in [4.78, 5) is 13.0. The molecule has 4 aromatic rings. The first-order valence-electron chi connectivity index (χ1n) is 9.50. The standard InChI is InChI=1S/C20H14F6N6/c21-19(22,23)11-3-4-16(27-9-11)31-7-5-13-17(29-10-28-13)18(31)14-8-15-12(20(24,25)26)2-1-6-32(15)30-14/h1-4,6,8-10,18H,5,7H2,(H,28,29). The van der Waals surface area contributed by atoms with Gasteiger partial charge in [-0.3, -0.25) is 0 Å². The highest BCUT2D eigenvalue weighted by molar-refractivity contribution is 5.59. The fourth-order valence-corrected chi connectivity index (χ4v) is 3.95. The number of pyridine rings is 2. The van der Waals surface area contributed by atoms with Crippen LogP contribution < -0.4 is 4.90 Å². The predicted molar refractivity (Wildman–Crippen MR) is 101 cm³/mol. The molecule has 0 spiro atoms. The van der Waals surface area contributed by atoms with E-state index in [1.807, 2.05) is 0 Å². The zero-order chi connectivity index (χ0) is 22.7. The number of rotatable bonds is 2. The van der Waals surface area contributed by atoms with E-state index >= 15 is 0 Å². The fourth-order valence-electron chi connectivity index (χ4n) is 3.95. The van der Waals surface area contributed by atoms with Crippen LogP contribution in [0.3, 0.4) is 0 Å². The molecule has 0 radical (unpaired) electrons. The Bertz CT molecular complexity index is 1270. The van der Waals surface area contributed by atoms with Gasteiger partial charge in [0.2, 0.25) is 0 Å². The number of hydrogen-bond acceptors (Lipinski definition) is 4. The average Bonchev–Trinajstić information content (AvgIpc) is 3.38. The molecule has 0 bridgehead atoms. The van der Waals surface area contributed by atoms with Crippen LogP contribution >= 0.6 is 0 Å². The normalized spacial score (nSPS) is 17.1. The second-order valence-corrected chi connectivity index (χ2v) is 7.33. The number of H-pyrrole nitrogens is 1. The molecule has 1 aliphatic rings. The lowest BCUT2D eigenvalue weighted by atomic mass is 9.99. The van der Waals surface area contributed by atoms with E-state index in [0.717, 1.165) is 28.5 Å². The zero-order valence-corrected chi connectivity index (χ0v) is 16.1. The summed E-state index contributed by atoms with van der Waals surface area (Å²) in [6.07, 6.45) is -4.98. The SMILES string of the molecule is FC(F)(F)c1ccc(N2CCc3[nH]cnc3C2c2cc3c(C(F)(F)F)cccn3n2)nc1. The van der Waals surface area contributed by atoms with Crippen LogP contribution in [0.5, 0.6) is 0 Å². The van der Waals surface area contributed by atoms with Crippen LogP contribution in [0.15, 0.2) is 49.1 Å². The highest BCUT2D eigenvalue weighted by Crippen LogP contribution is 2.39. The van der Waals surface area contributed by atoms with Gasteiger partial charge < -0.3 is 9.88 Å².